The minimum atomic E-state index is -0.558. The normalized spacial score (nSPS) is 20.2. The Kier molecular flexibility index (Phi) is 6.06. The van der Waals surface area contributed by atoms with E-state index in [9.17, 15) is 14.4 Å². The number of carbonyl (C=O) groups is 1. The molecule has 4 heterocycles. The van der Waals surface area contributed by atoms with Gasteiger partial charge in [-0.25, -0.2) is 9.59 Å². The molecule has 2 fully saturated rings. The molecule has 2 aliphatic heterocycles. The quantitative estimate of drug-likeness (QED) is 0.698. The molecule has 2 unspecified atom stereocenters. The number of ether oxygens (including phenoxy) is 1. The third-order valence-corrected chi connectivity index (χ3v) is 5.78. The average Bonchev–Trinajstić information content (AvgIpc) is 3.00. The fourth-order valence-corrected chi connectivity index (χ4v) is 4.40. The van der Waals surface area contributed by atoms with Gasteiger partial charge in [0.15, 0.2) is 0 Å². The summed E-state index contributed by atoms with van der Waals surface area (Å²) in [5.74, 6) is 0. The summed E-state index contributed by atoms with van der Waals surface area (Å²) >= 11 is 0. The highest BCUT2D eigenvalue weighted by Crippen LogP contribution is 2.35. The van der Waals surface area contributed by atoms with Gasteiger partial charge in [-0.15, -0.1) is 0 Å². The number of H-pyrrole nitrogens is 1. The third kappa shape index (κ3) is 4.33. The van der Waals surface area contributed by atoms with Crippen LogP contribution in [-0.2, 0) is 11.2 Å². The molecule has 2 aromatic heterocycles. The van der Waals surface area contributed by atoms with Gasteiger partial charge in [0.05, 0.1) is 12.3 Å². The molecule has 2 bridgehead atoms. The fourth-order valence-electron chi connectivity index (χ4n) is 4.40. The van der Waals surface area contributed by atoms with Crippen LogP contribution in [0.1, 0.15) is 57.9 Å². The molecule has 31 heavy (non-hydrogen) atoms. The summed E-state index contributed by atoms with van der Waals surface area (Å²) in [7, 11) is 0. The van der Waals surface area contributed by atoms with E-state index in [4.69, 9.17) is 14.0 Å². The van der Waals surface area contributed by atoms with Crippen molar-refractivity contribution in [3.8, 4) is 6.01 Å². The Morgan fingerprint density at radius 1 is 1.29 bits per heavy atom. The van der Waals surface area contributed by atoms with Gasteiger partial charge in [-0.3, -0.25) is 9.78 Å². The number of unbranched alkanes of at least 4 members (excludes halogenated alkanes) is 1. The van der Waals surface area contributed by atoms with Gasteiger partial charge in [0.1, 0.15) is 5.39 Å². The van der Waals surface area contributed by atoms with Crippen molar-refractivity contribution in [1.29, 1.82) is 0 Å². The van der Waals surface area contributed by atoms with Gasteiger partial charge in [-0.2, -0.15) is 4.98 Å². The number of carbonyl (C=O) groups excluding carboxylic acids is 1. The molecule has 0 saturated carbocycles. The number of oxime groups is 1. The molecular formula is C21H26N4O6. The van der Waals surface area contributed by atoms with E-state index in [1.165, 1.54) is 6.07 Å². The van der Waals surface area contributed by atoms with E-state index in [0.29, 0.717) is 31.4 Å². The second-order valence-corrected chi connectivity index (χ2v) is 7.89. The number of aromatic amines is 1. The maximum atomic E-state index is 12.6. The lowest BCUT2D eigenvalue weighted by atomic mass is 10.0. The van der Waals surface area contributed by atoms with Crippen LogP contribution in [0.2, 0.25) is 0 Å². The zero-order valence-corrected chi connectivity index (χ0v) is 17.7. The Balaban J connectivity index is 1.53. The van der Waals surface area contributed by atoms with Gasteiger partial charge in [0, 0.05) is 31.0 Å². The number of fused-ring (bicyclic) bond motifs is 3. The molecule has 2 saturated heterocycles. The summed E-state index contributed by atoms with van der Waals surface area (Å²) in [6.45, 7) is 4.16. The molecule has 10 heteroatoms. The molecule has 0 radical (unpaired) electrons. The SMILES string of the molecule is CCCCc1cc(=O)oc2nc(ON=C3CC4CCC(C3)N4C(=O)OCC)[nH]c(=O)c12. The molecule has 1 N–H and O–H groups in total. The second-order valence-electron chi connectivity index (χ2n) is 7.89. The van der Waals surface area contributed by atoms with E-state index in [-0.39, 0.29) is 35.3 Å². The minimum absolute atomic E-state index is 0.0305. The molecule has 2 atom stereocenters. The maximum Gasteiger partial charge on any atom is 0.410 e. The van der Waals surface area contributed by atoms with Gasteiger partial charge in [-0.05, 0) is 38.2 Å². The summed E-state index contributed by atoms with van der Waals surface area (Å²) in [5.41, 5.74) is 0.343. The Bertz CT molecular complexity index is 1110. The molecule has 4 rings (SSSR count). The average molecular weight is 430 g/mol. The van der Waals surface area contributed by atoms with Crippen molar-refractivity contribution in [3.63, 3.8) is 0 Å². The highest BCUT2D eigenvalue weighted by Gasteiger charge is 2.43. The van der Waals surface area contributed by atoms with Crippen molar-refractivity contribution in [2.45, 2.75) is 70.9 Å². The summed E-state index contributed by atoms with van der Waals surface area (Å²) in [6.07, 6.45) is 5.00. The van der Waals surface area contributed by atoms with Gasteiger partial charge >= 0.3 is 17.7 Å². The van der Waals surface area contributed by atoms with E-state index in [1.807, 2.05) is 6.92 Å². The maximum absolute atomic E-state index is 12.6. The summed E-state index contributed by atoms with van der Waals surface area (Å²) in [5, 5.41) is 4.42. The van der Waals surface area contributed by atoms with Crippen LogP contribution in [0, 0.1) is 0 Å². The zero-order valence-electron chi connectivity index (χ0n) is 17.7. The number of aryl methyl sites for hydroxylation is 1. The molecule has 2 aromatic rings. The number of piperidine rings is 1. The zero-order chi connectivity index (χ0) is 22.0. The molecule has 10 nitrogen and oxygen atoms in total. The minimum Gasteiger partial charge on any atom is -0.450 e. The van der Waals surface area contributed by atoms with Gasteiger partial charge in [0.25, 0.3) is 5.56 Å². The monoisotopic (exact) mass is 430 g/mol. The molecule has 2 aliphatic rings. The second kappa shape index (κ2) is 8.91. The summed E-state index contributed by atoms with van der Waals surface area (Å²) < 4.78 is 10.3. The standard InChI is InChI=1S/C21H26N4O6/c1-3-5-6-12-9-16(26)30-19-17(12)18(27)22-20(23-19)31-24-13-10-14-7-8-15(11-13)25(14)21(28)29-4-2/h9,14-15H,3-8,10-11H2,1-2H3,(H,22,23,27). The van der Waals surface area contributed by atoms with Gasteiger partial charge in [0.2, 0.25) is 5.71 Å². The van der Waals surface area contributed by atoms with Crippen molar-refractivity contribution in [2.75, 3.05) is 6.61 Å². The number of hydrogen-bond acceptors (Lipinski definition) is 8. The van der Waals surface area contributed by atoms with Crippen LogP contribution in [0.3, 0.4) is 0 Å². The Hall–Kier alpha value is -3.17. The number of aromatic nitrogens is 2. The lowest BCUT2D eigenvalue weighted by Gasteiger charge is -2.34. The predicted octanol–water partition coefficient (Wildman–Crippen LogP) is 2.74. The highest BCUT2D eigenvalue weighted by atomic mass is 16.6. The van der Waals surface area contributed by atoms with Crippen LogP contribution < -0.4 is 16.0 Å². The first-order chi connectivity index (χ1) is 15.0. The third-order valence-electron chi connectivity index (χ3n) is 5.78. The number of amides is 1. The van der Waals surface area contributed by atoms with Crippen LogP contribution in [-0.4, -0.2) is 45.4 Å². The Labute approximate surface area is 178 Å². The van der Waals surface area contributed by atoms with Crippen LogP contribution in [0.5, 0.6) is 6.01 Å². The van der Waals surface area contributed by atoms with Gasteiger partial charge < -0.3 is 18.9 Å². The lowest BCUT2D eigenvalue weighted by molar-refractivity contribution is 0.0856. The van der Waals surface area contributed by atoms with Crippen LogP contribution in [0.4, 0.5) is 4.79 Å². The van der Waals surface area contributed by atoms with E-state index < -0.39 is 11.2 Å². The molecule has 0 aromatic carbocycles. The molecule has 0 aliphatic carbocycles. The molecular weight excluding hydrogens is 404 g/mol. The number of nitrogens with zero attached hydrogens (tertiary/aromatic N) is 3. The van der Waals surface area contributed by atoms with Crippen molar-refractivity contribution in [3.05, 3.63) is 32.4 Å². The van der Waals surface area contributed by atoms with Crippen molar-refractivity contribution < 1.29 is 18.8 Å². The Morgan fingerprint density at radius 2 is 2.03 bits per heavy atom. The molecule has 166 valence electrons. The van der Waals surface area contributed by atoms with Crippen LogP contribution >= 0.6 is 0 Å². The van der Waals surface area contributed by atoms with E-state index in [2.05, 4.69) is 15.1 Å². The van der Waals surface area contributed by atoms with Crippen LogP contribution in [0.25, 0.3) is 11.1 Å². The first-order valence-electron chi connectivity index (χ1n) is 10.7. The molecule has 1 amide bonds. The number of nitrogens with one attached hydrogen (secondary N) is 1. The van der Waals surface area contributed by atoms with E-state index >= 15 is 0 Å². The van der Waals surface area contributed by atoms with Crippen molar-refractivity contribution in [1.82, 2.24) is 14.9 Å². The Morgan fingerprint density at radius 3 is 2.71 bits per heavy atom. The number of rotatable bonds is 6. The first-order valence-corrected chi connectivity index (χ1v) is 10.7. The fraction of sp³-hybridized carbons (Fsp3) is 0.571. The van der Waals surface area contributed by atoms with Crippen LogP contribution in [0.15, 0.2) is 25.2 Å². The summed E-state index contributed by atoms with van der Waals surface area (Å²) in [4.78, 5) is 50.5. The van der Waals surface area contributed by atoms with Crippen molar-refractivity contribution >= 4 is 22.9 Å². The lowest BCUT2D eigenvalue weighted by Crippen LogP contribution is -2.47. The number of hydrogen-bond donors (Lipinski definition) is 1. The largest absolute Gasteiger partial charge is 0.450 e. The van der Waals surface area contributed by atoms with E-state index in [0.717, 1.165) is 31.4 Å². The van der Waals surface area contributed by atoms with E-state index in [1.54, 1.807) is 11.8 Å². The topological polar surface area (TPSA) is 127 Å². The van der Waals surface area contributed by atoms with Gasteiger partial charge in [-0.1, -0.05) is 18.5 Å². The molecule has 0 spiro atoms. The predicted molar refractivity (Wildman–Crippen MR) is 112 cm³/mol. The highest BCUT2D eigenvalue weighted by molar-refractivity contribution is 5.88. The smallest absolute Gasteiger partial charge is 0.410 e. The first kappa shape index (κ1) is 21.1. The summed E-state index contributed by atoms with van der Waals surface area (Å²) in [6, 6.07) is 1.26. The van der Waals surface area contributed by atoms with Crippen molar-refractivity contribution in [2.24, 2.45) is 5.16 Å².